The van der Waals surface area contributed by atoms with Crippen molar-refractivity contribution in [2.45, 2.75) is 19.8 Å². The largest absolute Gasteiger partial charge is 0.457 e. The van der Waals surface area contributed by atoms with Crippen molar-refractivity contribution < 1.29 is 13.9 Å². The summed E-state index contributed by atoms with van der Waals surface area (Å²) in [5.41, 5.74) is 1.44. The summed E-state index contributed by atoms with van der Waals surface area (Å²) in [5, 5.41) is 5.01. The van der Waals surface area contributed by atoms with Gasteiger partial charge in [0.15, 0.2) is 0 Å². The van der Waals surface area contributed by atoms with Crippen LogP contribution in [0.5, 0.6) is 5.88 Å². The average molecular weight is 331 g/mol. The first-order valence-electron chi connectivity index (χ1n) is 7.17. The summed E-state index contributed by atoms with van der Waals surface area (Å²) in [6, 6.07) is 12.1. The van der Waals surface area contributed by atoms with Gasteiger partial charge in [-0.3, -0.25) is 0 Å². The molecule has 0 aliphatic carbocycles. The van der Waals surface area contributed by atoms with E-state index < -0.39 is 5.97 Å². The second-order valence-electron chi connectivity index (χ2n) is 5.29. The highest BCUT2D eigenvalue weighted by molar-refractivity contribution is 6.32. The van der Waals surface area contributed by atoms with Crippen molar-refractivity contribution in [3.63, 3.8) is 0 Å². The zero-order valence-corrected chi connectivity index (χ0v) is 13.4. The Labute approximate surface area is 138 Å². The molecule has 118 valence electrons. The van der Waals surface area contributed by atoms with E-state index in [1.807, 2.05) is 32.0 Å². The fourth-order valence-corrected chi connectivity index (χ4v) is 2.29. The molecule has 0 atom stereocenters. The number of rotatable bonds is 4. The standard InChI is InChI=1S/C17H15ClN2O3/c1-11(2)13-10-16(23-17(21)15-8-5-9-22-15)20(19-13)14-7-4-3-6-12(14)18/h3-11H,1-2H3. The van der Waals surface area contributed by atoms with Gasteiger partial charge in [-0.25, -0.2) is 4.79 Å². The predicted molar refractivity (Wildman–Crippen MR) is 86.3 cm³/mol. The highest BCUT2D eigenvalue weighted by Crippen LogP contribution is 2.28. The van der Waals surface area contributed by atoms with Crippen LogP contribution in [0.1, 0.15) is 36.0 Å². The van der Waals surface area contributed by atoms with Crippen molar-refractivity contribution in [1.82, 2.24) is 9.78 Å². The zero-order chi connectivity index (χ0) is 16.4. The van der Waals surface area contributed by atoms with Gasteiger partial charge < -0.3 is 9.15 Å². The van der Waals surface area contributed by atoms with Crippen molar-refractivity contribution in [1.29, 1.82) is 0 Å². The van der Waals surface area contributed by atoms with Crippen LogP contribution in [0.4, 0.5) is 0 Å². The Hall–Kier alpha value is -2.53. The molecule has 1 aromatic carbocycles. The number of hydrogen-bond donors (Lipinski definition) is 0. The van der Waals surface area contributed by atoms with Gasteiger partial charge in [0.25, 0.3) is 0 Å². The van der Waals surface area contributed by atoms with Crippen LogP contribution in [-0.2, 0) is 0 Å². The number of para-hydroxylation sites is 1. The smallest absolute Gasteiger partial charge is 0.380 e. The number of aromatic nitrogens is 2. The minimum atomic E-state index is -0.585. The molecule has 3 rings (SSSR count). The van der Waals surface area contributed by atoms with Gasteiger partial charge in [0.2, 0.25) is 11.6 Å². The molecule has 0 fully saturated rings. The van der Waals surface area contributed by atoms with Crippen LogP contribution in [0.3, 0.4) is 0 Å². The molecule has 0 radical (unpaired) electrons. The molecule has 0 saturated carbocycles. The molecule has 0 aliphatic heterocycles. The Morgan fingerprint density at radius 2 is 2.04 bits per heavy atom. The lowest BCUT2D eigenvalue weighted by Crippen LogP contribution is -2.11. The number of halogens is 1. The molecule has 23 heavy (non-hydrogen) atoms. The molecule has 0 N–H and O–H groups in total. The topological polar surface area (TPSA) is 57.3 Å². The van der Waals surface area contributed by atoms with Crippen LogP contribution < -0.4 is 4.74 Å². The van der Waals surface area contributed by atoms with Gasteiger partial charge in [-0.1, -0.05) is 37.6 Å². The van der Waals surface area contributed by atoms with E-state index in [-0.39, 0.29) is 11.7 Å². The van der Waals surface area contributed by atoms with Gasteiger partial charge in [0.05, 0.1) is 22.7 Å². The van der Waals surface area contributed by atoms with E-state index in [4.69, 9.17) is 20.8 Å². The number of carbonyl (C=O) groups is 1. The average Bonchev–Trinajstić information content (AvgIpc) is 3.17. The van der Waals surface area contributed by atoms with E-state index in [0.29, 0.717) is 16.6 Å². The third kappa shape index (κ3) is 3.14. The van der Waals surface area contributed by atoms with Crippen molar-refractivity contribution in [2.24, 2.45) is 0 Å². The normalized spacial score (nSPS) is 11.0. The predicted octanol–water partition coefficient (Wildman–Crippen LogP) is 4.46. The molecule has 0 spiro atoms. The number of hydrogen-bond acceptors (Lipinski definition) is 4. The van der Waals surface area contributed by atoms with E-state index in [2.05, 4.69) is 5.10 Å². The number of nitrogens with zero attached hydrogens (tertiary/aromatic N) is 2. The number of esters is 1. The first kappa shape index (κ1) is 15.4. The molecule has 0 aliphatic rings. The second-order valence-corrected chi connectivity index (χ2v) is 5.70. The molecule has 2 aromatic heterocycles. The summed E-state index contributed by atoms with van der Waals surface area (Å²) in [6.07, 6.45) is 1.42. The second kappa shape index (κ2) is 6.30. The van der Waals surface area contributed by atoms with E-state index in [9.17, 15) is 4.79 Å². The molecular weight excluding hydrogens is 316 g/mol. The summed E-state index contributed by atoms with van der Waals surface area (Å²) in [7, 11) is 0. The van der Waals surface area contributed by atoms with Gasteiger partial charge >= 0.3 is 5.97 Å². The minimum Gasteiger partial charge on any atom is -0.457 e. The van der Waals surface area contributed by atoms with Gasteiger partial charge in [-0.2, -0.15) is 9.78 Å². The van der Waals surface area contributed by atoms with Gasteiger partial charge in [-0.05, 0) is 30.2 Å². The fourth-order valence-electron chi connectivity index (χ4n) is 2.07. The SMILES string of the molecule is CC(C)c1cc(OC(=O)c2ccco2)n(-c2ccccc2Cl)n1. The van der Waals surface area contributed by atoms with Crippen molar-refractivity contribution >= 4 is 17.6 Å². The molecule has 5 nitrogen and oxygen atoms in total. The molecule has 0 saturated heterocycles. The highest BCUT2D eigenvalue weighted by atomic mass is 35.5. The third-order valence-electron chi connectivity index (χ3n) is 3.29. The van der Waals surface area contributed by atoms with Gasteiger partial charge in [0, 0.05) is 6.07 Å². The summed E-state index contributed by atoms with van der Waals surface area (Å²) in [6.45, 7) is 4.02. The molecule has 6 heteroatoms. The fraction of sp³-hybridized carbons (Fsp3) is 0.176. The van der Waals surface area contributed by atoms with Crippen LogP contribution in [0.25, 0.3) is 5.69 Å². The van der Waals surface area contributed by atoms with Crippen LogP contribution in [0.2, 0.25) is 5.02 Å². The quantitative estimate of drug-likeness (QED) is 0.663. The molecule has 0 amide bonds. The lowest BCUT2D eigenvalue weighted by Gasteiger charge is -2.08. The summed E-state index contributed by atoms with van der Waals surface area (Å²) < 4.78 is 12.0. The number of furan rings is 1. The molecule has 3 aromatic rings. The number of carbonyl (C=O) groups excluding carboxylic acids is 1. The minimum absolute atomic E-state index is 0.128. The third-order valence-corrected chi connectivity index (χ3v) is 3.61. The van der Waals surface area contributed by atoms with E-state index in [1.165, 1.54) is 10.9 Å². The van der Waals surface area contributed by atoms with Crippen molar-refractivity contribution in [3.05, 3.63) is 65.2 Å². The van der Waals surface area contributed by atoms with Crippen LogP contribution in [0.15, 0.2) is 53.1 Å². The lowest BCUT2D eigenvalue weighted by molar-refractivity contribution is 0.0689. The highest BCUT2D eigenvalue weighted by Gasteiger charge is 2.19. The maximum Gasteiger partial charge on any atom is 0.380 e. The summed E-state index contributed by atoms with van der Waals surface area (Å²) in [5.74, 6) is 0.0181. The van der Waals surface area contributed by atoms with Crippen LogP contribution in [0, 0.1) is 0 Å². The summed E-state index contributed by atoms with van der Waals surface area (Å²) >= 11 is 6.24. The molecular formula is C17H15ClN2O3. The van der Waals surface area contributed by atoms with Crippen LogP contribution >= 0.6 is 11.6 Å². The number of ether oxygens (including phenoxy) is 1. The Bertz CT molecular complexity index is 822. The van der Waals surface area contributed by atoms with E-state index in [0.717, 1.165) is 5.69 Å². The monoisotopic (exact) mass is 330 g/mol. The first-order valence-corrected chi connectivity index (χ1v) is 7.54. The Morgan fingerprint density at radius 3 is 2.70 bits per heavy atom. The first-order chi connectivity index (χ1) is 11.1. The van der Waals surface area contributed by atoms with Crippen molar-refractivity contribution in [3.8, 4) is 11.6 Å². The zero-order valence-electron chi connectivity index (χ0n) is 12.7. The maximum absolute atomic E-state index is 12.1. The lowest BCUT2D eigenvalue weighted by atomic mass is 10.1. The van der Waals surface area contributed by atoms with E-state index >= 15 is 0 Å². The Morgan fingerprint density at radius 1 is 1.26 bits per heavy atom. The summed E-state index contributed by atoms with van der Waals surface area (Å²) in [4.78, 5) is 12.1. The van der Waals surface area contributed by atoms with Gasteiger partial charge in [0.1, 0.15) is 0 Å². The van der Waals surface area contributed by atoms with E-state index in [1.54, 1.807) is 24.3 Å². The molecule has 0 unspecified atom stereocenters. The molecule has 2 heterocycles. The Balaban J connectivity index is 2.02. The maximum atomic E-state index is 12.1. The molecule has 0 bridgehead atoms. The Kier molecular flexibility index (Phi) is 4.21. The van der Waals surface area contributed by atoms with Gasteiger partial charge in [-0.15, -0.1) is 0 Å². The van der Waals surface area contributed by atoms with Crippen molar-refractivity contribution in [2.75, 3.05) is 0 Å². The number of benzene rings is 1. The van der Waals surface area contributed by atoms with Crippen LogP contribution in [-0.4, -0.2) is 15.7 Å².